The monoisotopic (exact) mass is 240 g/mol. The van der Waals surface area contributed by atoms with Crippen LogP contribution < -0.4 is 11.1 Å². The minimum absolute atomic E-state index is 0.374. The van der Waals surface area contributed by atoms with Crippen molar-refractivity contribution in [1.29, 1.82) is 0 Å². The van der Waals surface area contributed by atoms with Gasteiger partial charge in [0.1, 0.15) is 5.52 Å². The van der Waals surface area contributed by atoms with Crippen LogP contribution in [0.1, 0.15) is 0 Å². The molecule has 3 N–H and O–H groups in total. The summed E-state index contributed by atoms with van der Waals surface area (Å²) in [4.78, 5) is 12.7. The van der Waals surface area contributed by atoms with Crippen LogP contribution in [0.3, 0.4) is 0 Å². The van der Waals surface area contributed by atoms with Crippen LogP contribution in [0.15, 0.2) is 36.7 Å². The van der Waals surface area contributed by atoms with Gasteiger partial charge in [-0.15, -0.1) is 0 Å². The number of rotatable bonds is 2. The van der Waals surface area contributed by atoms with Crippen molar-refractivity contribution in [2.75, 3.05) is 11.1 Å². The lowest BCUT2D eigenvalue weighted by Gasteiger charge is -2.05. The summed E-state index contributed by atoms with van der Waals surface area (Å²) in [5, 5.41) is 3.11. The van der Waals surface area contributed by atoms with E-state index in [2.05, 4.69) is 20.3 Å². The third kappa shape index (κ3) is 1.73. The van der Waals surface area contributed by atoms with E-state index in [-0.39, 0.29) is 0 Å². The zero-order chi connectivity index (χ0) is 12.5. The van der Waals surface area contributed by atoms with E-state index in [4.69, 9.17) is 5.73 Å². The fourth-order valence-corrected chi connectivity index (χ4v) is 1.74. The maximum atomic E-state index is 5.86. The Morgan fingerprint density at radius 3 is 2.72 bits per heavy atom. The number of nitrogens with one attached hydrogen (secondary N) is 1. The molecule has 0 unspecified atom stereocenters. The second kappa shape index (κ2) is 3.99. The number of aryl methyl sites for hydroxylation is 1. The van der Waals surface area contributed by atoms with Crippen molar-refractivity contribution in [3.05, 3.63) is 36.7 Å². The number of nitrogens with two attached hydrogens (primary N) is 1. The Bertz CT molecular complexity index is 688. The first-order chi connectivity index (χ1) is 8.74. The molecule has 0 atom stereocenters. The fraction of sp³-hybridized carbons (Fsp3) is 0.0833. The summed E-state index contributed by atoms with van der Waals surface area (Å²) in [5.74, 6) is 0.842. The van der Waals surface area contributed by atoms with Crippen LogP contribution >= 0.6 is 0 Å². The van der Waals surface area contributed by atoms with Gasteiger partial charge in [0.25, 0.3) is 0 Å². The van der Waals surface area contributed by atoms with Gasteiger partial charge in [0, 0.05) is 12.7 Å². The molecule has 6 heteroatoms. The molecule has 0 aliphatic carbocycles. The average molecular weight is 240 g/mol. The Balaban J connectivity index is 2.05. The highest BCUT2D eigenvalue weighted by Gasteiger charge is 2.09. The smallest absolute Gasteiger partial charge is 0.231 e. The molecule has 0 aliphatic rings. The van der Waals surface area contributed by atoms with Gasteiger partial charge in [-0.05, 0) is 12.1 Å². The molecule has 18 heavy (non-hydrogen) atoms. The van der Waals surface area contributed by atoms with E-state index in [1.54, 1.807) is 6.33 Å². The van der Waals surface area contributed by atoms with Gasteiger partial charge in [0.05, 0.1) is 6.33 Å². The third-order valence-corrected chi connectivity index (χ3v) is 2.62. The number of nitrogens with zero attached hydrogens (tertiary/aromatic N) is 4. The largest absolute Gasteiger partial charge is 0.382 e. The summed E-state index contributed by atoms with van der Waals surface area (Å²) in [6, 6.07) is 9.70. The Morgan fingerprint density at radius 2 is 1.94 bits per heavy atom. The van der Waals surface area contributed by atoms with Crippen LogP contribution in [-0.2, 0) is 7.05 Å². The molecule has 3 rings (SSSR count). The van der Waals surface area contributed by atoms with Crippen LogP contribution in [0.5, 0.6) is 0 Å². The summed E-state index contributed by atoms with van der Waals surface area (Å²) in [7, 11) is 1.87. The molecule has 0 saturated carbocycles. The standard InChI is InChI=1S/C12H12N6/c1-18-7-14-9-10(13)16-12(17-11(9)18)15-8-5-3-2-4-6-8/h2-7H,1H3,(H3,13,15,16,17). The number of para-hydroxylation sites is 1. The summed E-state index contributed by atoms with van der Waals surface area (Å²) < 4.78 is 1.81. The van der Waals surface area contributed by atoms with Crippen LogP contribution in [-0.4, -0.2) is 19.5 Å². The quantitative estimate of drug-likeness (QED) is 0.712. The Hall–Kier alpha value is -2.63. The summed E-state index contributed by atoms with van der Waals surface area (Å²) in [6.07, 6.45) is 1.67. The van der Waals surface area contributed by atoms with Gasteiger partial charge in [-0.25, -0.2) is 4.98 Å². The molecule has 1 aromatic carbocycles. The first-order valence-electron chi connectivity index (χ1n) is 5.50. The fourth-order valence-electron chi connectivity index (χ4n) is 1.74. The van der Waals surface area contributed by atoms with Crippen LogP contribution in [0.2, 0.25) is 0 Å². The maximum Gasteiger partial charge on any atom is 0.231 e. The van der Waals surface area contributed by atoms with Crippen molar-refractivity contribution in [3.8, 4) is 0 Å². The lowest BCUT2D eigenvalue weighted by molar-refractivity contribution is 0.929. The van der Waals surface area contributed by atoms with Gasteiger partial charge in [-0.2, -0.15) is 9.97 Å². The normalized spacial score (nSPS) is 10.7. The minimum Gasteiger partial charge on any atom is -0.382 e. The van der Waals surface area contributed by atoms with Crippen molar-refractivity contribution in [2.45, 2.75) is 0 Å². The number of imidazole rings is 1. The number of anilines is 3. The van der Waals surface area contributed by atoms with Gasteiger partial charge >= 0.3 is 0 Å². The van der Waals surface area contributed by atoms with Crippen molar-refractivity contribution in [3.63, 3.8) is 0 Å². The van der Waals surface area contributed by atoms with Gasteiger partial charge in [0.2, 0.25) is 5.95 Å². The molecule has 90 valence electrons. The lowest BCUT2D eigenvalue weighted by atomic mass is 10.3. The van der Waals surface area contributed by atoms with Crippen molar-refractivity contribution >= 4 is 28.6 Å². The van der Waals surface area contributed by atoms with Gasteiger partial charge < -0.3 is 15.6 Å². The zero-order valence-corrected chi connectivity index (χ0v) is 9.83. The Kier molecular flexibility index (Phi) is 2.33. The number of aromatic nitrogens is 4. The molecular weight excluding hydrogens is 228 g/mol. The van der Waals surface area contributed by atoms with E-state index in [9.17, 15) is 0 Å². The molecular formula is C12H12N6. The highest BCUT2D eigenvalue weighted by molar-refractivity contribution is 5.83. The van der Waals surface area contributed by atoms with E-state index in [1.165, 1.54) is 0 Å². The predicted molar refractivity (Wildman–Crippen MR) is 70.4 cm³/mol. The second-order valence-corrected chi connectivity index (χ2v) is 3.95. The topological polar surface area (TPSA) is 81.7 Å². The van der Waals surface area contributed by atoms with Crippen molar-refractivity contribution < 1.29 is 0 Å². The van der Waals surface area contributed by atoms with E-state index in [0.717, 1.165) is 5.69 Å². The molecule has 0 bridgehead atoms. The molecule has 2 aromatic heterocycles. The highest BCUT2D eigenvalue weighted by atomic mass is 15.2. The SMILES string of the molecule is Cn1cnc2c(N)nc(Nc3ccccc3)nc21. The first kappa shape index (κ1) is 10.5. The molecule has 3 aromatic rings. The minimum atomic E-state index is 0.374. The summed E-state index contributed by atoms with van der Waals surface area (Å²) in [6.45, 7) is 0. The maximum absolute atomic E-state index is 5.86. The van der Waals surface area contributed by atoms with Gasteiger partial charge in [-0.1, -0.05) is 18.2 Å². The van der Waals surface area contributed by atoms with Gasteiger partial charge in [-0.3, -0.25) is 0 Å². The average Bonchev–Trinajstić information content (AvgIpc) is 2.73. The number of hydrogen-bond acceptors (Lipinski definition) is 5. The highest BCUT2D eigenvalue weighted by Crippen LogP contribution is 2.19. The molecule has 0 aliphatic heterocycles. The Morgan fingerprint density at radius 1 is 1.17 bits per heavy atom. The number of nitrogen functional groups attached to an aromatic ring is 1. The molecule has 0 amide bonds. The summed E-state index contributed by atoms with van der Waals surface area (Å²) >= 11 is 0. The van der Waals surface area contributed by atoms with Crippen molar-refractivity contribution in [2.24, 2.45) is 7.05 Å². The molecule has 0 saturated heterocycles. The van der Waals surface area contributed by atoms with E-state index >= 15 is 0 Å². The number of benzene rings is 1. The second-order valence-electron chi connectivity index (χ2n) is 3.95. The summed E-state index contributed by atoms with van der Waals surface area (Å²) in [5.41, 5.74) is 8.10. The number of fused-ring (bicyclic) bond motifs is 1. The molecule has 2 heterocycles. The van der Waals surface area contributed by atoms with Crippen molar-refractivity contribution in [1.82, 2.24) is 19.5 Å². The van der Waals surface area contributed by atoms with E-state index in [1.807, 2.05) is 41.9 Å². The van der Waals surface area contributed by atoms with Crippen LogP contribution in [0.4, 0.5) is 17.5 Å². The van der Waals surface area contributed by atoms with Crippen LogP contribution in [0, 0.1) is 0 Å². The van der Waals surface area contributed by atoms with Gasteiger partial charge in [0.15, 0.2) is 11.5 Å². The lowest BCUT2D eigenvalue weighted by Crippen LogP contribution is -2.02. The first-order valence-corrected chi connectivity index (χ1v) is 5.50. The number of hydrogen-bond donors (Lipinski definition) is 2. The van der Waals surface area contributed by atoms with E-state index < -0.39 is 0 Å². The molecule has 0 spiro atoms. The molecule has 6 nitrogen and oxygen atoms in total. The third-order valence-electron chi connectivity index (χ3n) is 2.62. The predicted octanol–water partition coefficient (Wildman–Crippen LogP) is 1.69. The van der Waals surface area contributed by atoms with Crippen LogP contribution in [0.25, 0.3) is 11.2 Å². The Labute approximate surface area is 104 Å². The zero-order valence-electron chi connectivity index (χ0n) is 9.83. The van der Waals surface area contributed by atoms with E-state index in [0.29, 0.717) is 22.9 Å². The molecule has 0 fully saturated rings. The molecule has 0 radical (unpaired) electrons.